The van der Waals surface area contributed by atoms with E-state index >= 15 is 0 Å². The zero-order valence-electron chi connectivity index (χ0n) is 10.8. The summed E-state index contributed by atoms with van der Waals surface area (Å²) in [5.74, 6) is 3.25. The molecule has 2 fully saturated rings. The second-order valence-corrected chi connectivity index (χ2v) is 6.53. The maximum Gasteiger partial charge on any atom is 0.201 e. The van der Waals surface area contributed by atoms with E-state index in [1.807, 2.05) is 12.1 Å². The van der Waals surface area contributed by atoms with Crippen LogP contribution in [0.3, 0.4) is 0 Å². The van der Waals surface area contributed by atoms with E-state index in [1.54, 1.807) is 0 Å². The van der Waals surface area contributed by atoms with Gasteiger partial charge < -0.3 is 10.3 Å². The highest BCUT2D eigenvalue weighted by Crippen LogP contribution is 2.49. The summed E-state index contributed by atoms with van der Waals surface area (Å²) in [6, 6.07) is 5.92. The molecular formula is C15H18ClN3. The Bertz CT molecular complexity index is 634. The minimum atomic E-state index is 0.603. The highest BCUT2D eigenvalue weighted by Gasteiger charge is 2.39. The van der Waals surface area contributed by atoms with Gasteiger partial charge in [0, 0.05) is 6.54 Å². The second kappa shape index (κ2) is 4.14. The molecule has 0 radical (unpaired) electrons. The molecule has 2 aliphatic carbocycles. The van der Waals surface area contributed by atoms with E-state index < -0.39 is 0 Å². The van der Waals surface area contributed by atoms with Gasteiger partial charge in [0.15, 0.2) is 0 Å². The molecule has 2 bridgehead atoms. The predicted molar refractivity (Wildman–Crippen MR) is 78.1 cm³/mol. The van der Waals surface area contributed by atoms with Gasteiger partial charge in [-0.1, -0.05) is 24.1 Å². The lowest BCUT2D eigenvalue weighted by molar-refractivity contribution is 0.300. The zero-order chi connectivity index (χ0) is 13.0. The third-order valence-electron chi connectivity index (χ3n) is 5.06. The van der Waals surface area contributed by atoms with E-state index in [1.165, 1.54) is 25.7 Å². The van der Waals surface area contributed by atoms with Crippen LogP contribution in [0.25, 0.3) is 11.0 Å². The molecule has 0 aliphatic heterocycles. The molecule has 2 aliphatic rings. The molecule has 2 saturated carbocycles. The van der Waals surface area contributed by atoms with Crippen molar-refractivity contribution >= 4 is 28.6 Å². The molecule has 3 atom stereocenters. The molecule has 1 aromatic heterocycles. The quantitative estimate of drug-likeness (QED) is 0.908. The van der Waals surface area contributed by atoms with Gasteiger partial charge in [-0.2, -0.15) is 0 Å². The molecule has 1 heterocycles. The summed E-state index contributed by atoms with van der Waals surface area (Å²) in [6.07, 6.45) is 5.64. The zero-order valence-corrected chi connectivity index (χ0v) is 11.6. The van der Waals surface area contributed by atoms with Crippen molar-refractivity contribution in [1.82, 2.24) is 9.55 Å². The van der Waals surface area contributed by atoms with Crippen LogP contribution in [0, 0.1) is 17.8 Å². The van der Waals surface area contributed by atoms with E-state index in [-0.39, 0.29) is 0 Å². The minimum absolute atomic E-state index is 0.603. The summed E-state index contributed by atoms with van der Waals surface area (Å²) < 4.78 is 2.16. The van der Waals surface area contributed by atoms with Crippen molar-refractivity contribution in [2.45, 2.75) is 32.2 Å². The van der Waals surface area contributed by atoms with Gasteiger partial charge in [-0.25, -0.2) is 4.98 Å². The first-order valence-corrected chi connectivity index (χ1v) is 7.50. The normalized spacial score (nSPS) is 29.4. The molecule has 0 amide bonds. The number of rotatable bonds is 2. The lowest BCUT2D eigenvalue weighted by atomic mass is 9.89. The maximum atomic E-state index is 6.19. The van der Waals surface area contributed by atoms with Crippen LogP contribution < -0.4 is 5.73 Å². The van der Waals surface area contributed by atoms with E-state index in [0.717, 1.165) is 35.3 Å². The summed E-state index contributed by atoms with van der Waals surface area (Å²) in [5.41, 5.74) is 8.01. The highest BCUT2D eigenvalue weighted by atomic mass is 35.5. The first-order valence-electron chi connectivity index (χ1n) is 7.12. The SMILES string of the molecule is Nc1nc2c(Cl)cccc2n1CC1CC2CCC1C2. The van der Waals surface area contributed by atoms with Crippen LogP contribution in [-0.4, -0.2) is 9.55 Å². The van der Waals surface area contributed by atoms with E-state index in [9.17, 15) is 0 Å². The summed E-state index contributed by atoms with van der Waals surface area (Å²) in [5, 5.41) is 0.691. The number of nitrogen functional groups attached to an aromatic ring is 1. The van der Waals surface area contributed by atoms with Crippen molar-refractivity contribution < 1.29 is 0 Å². The average molecular weight is 276 g/mol. The Hall–Kier alpha value is -1.22. The molecule has 1 aromatic carbocycles. The molecular weight excluding hydrogens is 258 g/mol. The number of hydrogen-bond acceptors (Lipinski definition) is 2. The van der Waals surface area contributed by atoms with Gasteiger partial charge in [0.2, 0.25) is 5.95 Å². The lowest BCUT2D eigenvalue weighted by Gasteiger charge is -2.22. The number of anilines is 1. The van der Waals surface area contributed by atoms with E-state index in [0.29, 0.717) is 11.0 Å². The predicted octanol–water partition coefficient (Wildman–Crippen LogP) is 3.71. The Balaban J connectivity index is 1.71. The molecule has 19 heavy (non-hydrogen) atoms. The van der Waals surface area contributed by atoms with Crippen molar-refractivity contribution in [1.29, 1.82) is 0 Å². The van der Waals surface area contributed by atoms with Crippen LogP contribution in [0.2, 0.25) is 5.02 Å². The Labute approximate surface area is 117 Å². The van der Waals surface area contributed by atoms with Gasteiger partial charge >= 0.3 is 0 Å². The maximum absolute atomic E-state index is 6.19. The molecule has 4 rings (SSSR count). The Morgan fingerprint density at radius 3 is 2.95 bits per heavy atom. The van der Waals surface area contributed by atoms with Gasteiger partial charge in [0.1, 0.15) is 5.52 Å². The number of halogens is 1. The molecule has 0 saturated heterocycles. The molecule has 0 spiro atoms. The van der Waals surface area contributed by atoms with Crippen molar-refractivity contribution in [2.24, 2.45) is 17.8 Å². The molecule has 4 heteroatoms. The Kier molecular flexibility index (Phi) is 2.52. The average Bonchev–Trinajstić information content (AvgIpc) is 3.07. The van der Waals surface area contributed by atoms with Gasteiger partial charge in [0.05, 0.1) is 10.5 Å². The lowest BCUT2D eigenvalue weighted by Crippen LogP contribution is -2.18. The summed E-state index contributed by atoms with van der Waals surface area (Å²) in [4.78, 5) is 4.43. The molecule has 3 unspecified atom stereocenters. The Morgan fingerprint density at radius 1 is 1.32 bits per heavy atom. The molecule has 100 valence electrons. The number of aromatic nitrogens is 2. The fraction of sp³-hybridized carbons (Fsp3) is 0.533. The monoisotopic (exact) mass is 275 g/mol. The van der Waals surface area contributed by atoms with Crippen LogP contribution in [0.1, 0.15) is 25.7 Å². The first-order chi connectivity index (χ1) is 9.22. The third-order valence-corrected chi connectivity index (χ3v) is 5.37. The smallest absolute Gasteiger partial charge is 0.201 e. The molecule has 2 N–H and O–H groups in total. The Morgan fingerprint density at radius 2 is 2.21 bits per heavy atom. The highest BCUT2D eigenvalue weighted by molar-refractivity contribution is 6.35. The van der Waals surface area contributed by atoms with Crippen LogP contribution in [-0.2, 0) is 6.54 Å². The van der Waals surface area contributed by atoms with Gasteiger partial charge in [-0.3, -0.25) is 0 Å². The first kappa shape index (κ1) is 11.6. The van der Waals surface area contributed by atoms with Crippen molar-refractivity contribution in [3.63, 3.8) is 0 Å². The topological polar surface area (TPSA) is 43.8 Å². The third kappa shape index (κ3) is 1.75. The van der Waals surface area contributed by atoms with Gasteiger partial charge in [-0.05, 0) is 49.1 Å². The largest absolute Gasteiger partial charge is 0.369 e. The molecule has 2 aromatic rings. The van der Waals surface area contributed by atoms with Crippen LogP contribution >= 0.6 is 11.6 Å². The fourth-order valence-corrected chi connectivity index (χ4v) is 4.37. The number of para-hydroxylation sites is 1. The number of fused-ring (bicyclic) bond motifs is 3. The summed E-state index contributed by atoms with van der Waals surface area (Å²) in [7, 11) is 0. The van der Waals surface area contributed by atoms with Crippen LogP contribution in [0.4, 0.5) is 5.95 Å². The number of imidazole rings is 1. The number of nitrogens with two attached hydrogens (primary N) is 1. The number of hydrogen-bond donors (Lipinski definition) is 1. The van der Waals surface area contributed by atoms with Crippen molar-refractivity contribution in [3.8, 4) is 0 Å². The second-order valence-electron chi connectivity index (χ2n) is 6.12. The summed E-state index contributed by atoms with van der Waals surface area (Å²) >= 11 is 6.19. The minimum Gasteiger partial charge on any atom is -0.369 e. The van der Waals surface area contributed by atoms with Crippen LogP contribution in [0.5, 0.6) is 0 Å². The van der Waals surface area contributed by atoms with Gasteiger partial charge in [0.25, 0.3) is 0 Å². The fourth-order valence-electron chi connectivity index (χ4n) is 4.16. The van der Waals surface area contributed by atoms with E-state index in [4.69, 9.17) is 17.3 Å². The van der Waals surface area contributed by atoms with Crippen molar-refractivity contribution in [2.75, 3.05) is 5.73 Å². The number of benzene rings is 1. The number of nitrogens with zero attached hydrogens (tertiary/aromatic N) is 2. The van der Waals surface area contributed by atoms with Crippen molar-refractivity contribution in [3.05, 3.63) is 23.2 Å². The van der Waals surface area contributed by atoms with Crippen LogP contribution in [0.15, 0.2) is 18.2 Å². The molecule has 3 nitrogen and oxygen atoms in total. The summed E-state index contributed by atoms with van der Waals surface area (Å²) in [6.45, 7) is 1.00. The standard InChI is InChI=1S/C15H18ClN3/c16-12-2-1-3-13-14(12)18-15(17)19(13)8-11-7-9-4-5-10(11)6-9/h1-3,9-11H,4-8H2,(H2,17,18). The van der Waals surface area contributed by atoms with Gasteiger partial charge in [-0.15, -0.1) is 0 Å². The van der Waals surface area contributed by atoms with E-state index in [2.05, 4.69) is 15.6 Å².